The van der Waals surface area contributed by atoms with Gasteiger partial charge in [0.1, 0.15) is 0 Å². The number of sulfone groups is 1. The van der Waals surface area contributed by atoms with Gasteiger partial charge in [-0.05, 0) is 24.3 Å². The minimum absolute atomic E-state index is 0.0169. The second kappa shape index (κ2) is 6.10. The number of urea groups is 1. The van der Waals surface area contributed by atoms with Crippen LogP contribution in [0.25, 0.3) is 0 Å². The smallest absolute Gasteiger partial charge is 0.321 e. The number of hydrogen-bond acceptors (Lipinski definition) is 6. The number of fused-ring (bicyclic) bond motifs is 1. The van der Waals surface area contributed by atoms with Crippen LogP contribution in [0.4, 0.5) is 9.93 Å². The van der Waals surface area contributed by atoms with Gasteiger partial charge < -0.3 is 5.32 Å². The predicted molar refractivity (Wildman–Crippen MR) is 94.4 cm³/mol. The van der Waals surface area contributed by atoms with Crippen molar-refractivity contribution in [1.29, 1.82) is 0 Å². The lowest BCUT2D eigenvalue weighted by atomic mass is 10.1. The molecule has 1 fully saturated rings. The third-order valence-electron chi connectivity index (χ3n) is 4.53. The summed E-state index contributed by atoms with van der Waals surface area (Å²) in [6.07, 6.45) is 4.65. The highest BCUT2D eigenvalue weighted by molar-refractivity contribution is 7.90. The Morgan fingerprint density at radius 1 is 1.44 bits per heavy atom. The lowest BCUT2D eigenvalue weighted by Gasteiger charge is -2.08. The number of rotatable bonds is 4. The molecule has 0 spiro atoms. The van der Waals surface area contributed by atoms with Crippen LogP contribution >= 0.6 is 11.3 Å². The molecule has 8 nitrogen and oxygen atoms in total. The van der Waals surface area contributed by atoms with Gasteiger partial charge in [0, 0.05) is 18.3 Å². The molecule has 25 heavy (non-hydrogen) atoms. The molecule has 0 aromatic carbocycles. The van der Waals surface area contributed by atoms with Crippen LogP contribution in [0.1, 0.15) is 40.6 Å². The fourth-order valence-electron chi connectivity index (χ4n) is 3.01. The minimum Gasteiger partial charge on any atom is -0.332 e. The molecule has 2 amide bonds. The molecule has 134 valence electrons. The van der Waals surface area contributed by atoms with Crippen LogP contribution in [0.5, 0.6) is 0 Å². The summed E-state index contributed by atoms with van der Waals surface area (Å²) in [5, 5.41) is 10.2. The molecular formula is C15H19N5O3S2. The Balaban J connectivity index is 1.39. The van der Waals surface area contributed by atoms with Crippen LogP contribution in [0.3, 0.4) is 0 Å². The Hall–Kier alpha value is -1.94. The fraction of sp³-hybridized carbons (Fsp3) is 0.533. The van der Waals surface area contributed by atoms with Crippen LogP contribution in [0.15, 0.2) is 6.20 Å². The number of nitrogens with zero attached hydrogens (tertiary/aromatic N) is 3. The van der Waals surface area contributed by atoms with Crippen LogP contribution in [-0.4, -0.2) is 35.0 Å². The second-order valence-corrected chi connectivity index (χ2v) is 9.75. The molecule has 3 heterocycles. The molecule has 1 aliphatic carbocycles. The zero-order chi connectivity index (χ0) is 17.6. The van der Waals surface area contributed by atoms with Crippen LogP contribution in [-0.2, 0) is 35.6 Å². The van der Waals surface area contributed by atoms with Gasteiger partial charge in [0.15, 0.2) is 15.0 Å². The van der Waals surface area contributed by atoms with E-state index in [1.165, 1.54) is 29.7 Å². The van der Waals surface area contributed by atoms with Crippen molar-refractivity contribution in [3.8, 4) is 0 Å². The van der Waals surface area contributed by atoms with Crippen molar-refractivity contribution in [2.45, 2.75) is 37.5 Å². The van der Waals surface area contributed by atoms with Gasteiger partial charge in [-0.25, -0.2) is 18.2 Å². The molecule has 0 bridgehead atoms. The van der Waals surface area contributed by atoms with Gasteiger partial charge in [0.25, 0.3) is 0 Å². The Labute approximate surface area is 149 Å². The van der Waals surface area contributed by atoms with Crippen LogP contribution in [0.2, 0.25) is 0 Å². The first-order valence-corrected chi connectivity index (χ1v) is 10.8. The number of amides is 2. The summed E-state index contributed by atoms with van der Waals surface area (Å²) >= 11 is 1.23. The summed E-state index contributed by atoms with van der Waals surface area (Å²) in [7, 11) is -1.16. The quantitative estimate of drug-likeness (QED) is 0.836. The molecule has 2 aromatic heterocycles. The predicted octanol–water partition coefficient (Wildman–Crippen LogP) is 1.55. The number of aryl methyl sites for hydroxylation is 2. The summed E-state index contributed by atoms with van der Waals surface area (Å²) in [5.41, 5.74) is 3.00. The standard InChI is InChI=1S/C15H19N5O3S2/c1-20-12(10(6-17-20)9-2-3-9)7-16-14(21)19-15-18-11-4-5-25(22,23)8-13(11)24-15/h6,9H,2-5,7-8H2,1H3,(H2,16,18,19,21). The molecule has 2 aliphatic rings. The number of carbonyl (C=O) groups is 1. The van der Waals surface area contributed by atoms with Gasteiger partial charge in [0.2, 0.25) is 0 Å². The summed E-state index contributed by atoms with van der Waals surface area (Å²) in [6.45, 7) is 0.396. The fourth-order valence-corrected chi connectivity index (χ4v) is 5.79. The van der Waals surface area contributed by atoms with E-state index in [-0.39, 0.29) is 17.5 Å². The third kappa shape index (κ3) is 3.54. The van der Waals surface area contributed by atoms with Crippen LogP contribution in [0, 0.1) is 0 Å². The van der Waals surface area contributed by atoms with Gasteiger partial charge in [0.05, 0.1) is 35.6 Å². The van der Waals surface area contributed by atoms with E-state index in [9.17, 15) is 13.2 Å². The Bertz CT molecular complexity index is 927. The van der Waals surface area contributed by atoms with Gasteiger partial charge in [-0.15, -0.1) is 11.3 Å². The van der Waals surface area contributed by atoms with E-state index in [1.54, 1.807) is 4.68 Å². The SMILES string of the molecule is Cn1ncc(C2CC2)c1CNC(=O)Nc1nc2c(s1)CS(=O)(=O)CC2. The largest absolute Gasteiger partial charge is 0.332 e. The second-order valence-electron chi connectivity index (χ2n) is 6.48. The lowest BCUT2D eigenvalue weighted by molar-refractivity contribution is 0.251. The van der Waals surface area contributed by atoms with Crippen molar-refractivity contribution in [1.82, 2.24) is 20.1 Å². The van der Waals surface area contributed by atoms with Crippen molar-refractivity contribution in [2.24, 2.45) is 7.05 Å². The normalized spacial score (nSPS) is 18.6. The van der Waals surface area contributed by atoms with Crippen LogP contribution < -0.4 is 10.6 Å². The number of hydrogen-bond donors (Lipinski definition) is 2. The first kappa shape index (κ1) is 16.5. The number of carbonyl (C=O) groups excluding carboxylic acids is 1. The van der Waals surface area contributed by atoms with Crippen molar-refractivity contribution in [2.75, 3.05) is 11.1 Å². The van der Waals surface area contributed by atoms with Gasteiger partial charge in [-0.2, -0.15) is 5.10 Å². The van der Waals surface area contributed by atoms with Crippen molar-refractivity contribution in [3.05, 3.63) is 28.0 Å². The molecule has 0 saturated heterocycles. The van der Waals surface area contributed by atoms with Crippen molar-refractivity contribution >= 4 is 32.3 Å². The van der Waals surface area contributed by atoms with Crippen molar-refractivity contribution < 1.29 is 13.2 Å². The Kier molecular flexibility index (Phi) is 4.03. The van der Waals surface area contributed by atoms with E-state index >= 15 is 0 Å². The first-order chi connectivity index (χ1) is 11.9. The zero-order valence-electron chi connectivity index (χ0n) is 13.8. The van der Waals surface area contributed by atoms with E-state index in [0.717, 1.165) is 16.3 Å². The molecule has 2 aromatic rings. The Morgan fingerprint density at radius 3 is 3.00 bits per heavy atom. The average Bonchev–Trinajstić information content (AvgIpc) is 3.21. The maximum Gasteiger partial charge on any atom is 0.321 e. The first-order valence-electron chi connectivity index (χ1n) is 8.16. The molecule has 1 aliphatic heterocycles. The summed E-state index contributed by atoms with van der Waals surface area (Å²) in [5.74, 6) is 0.712. The van der Waals surface area contributed by atoms with Gasteiger partial charge in [-0.1, -0.05) is 0 Å². The molecule has 0 unspecified atom stereocenters. The Morgan fingerprint density at radius 2 is 2.24 bits per heavy atom. The molecule has 2 N–H and O–H groups in total. The highest BCUT2D eigenvalue weighted by Gasteiger charge is 2.28. The maximum atomic E-state index is 12.2. The number of nitrogens with one attached hydrogen (secondary N) is 2. The average molecular weight is 381 g/mol. The topological polar surface area (TPSA) is 106 Å². The van der Waals surface area contributed by atoms with Crippen molar-refractivity contribution in [3.63, 3.8) is 0 Å². The highest BCUT2D eigenvalue weighted by Crippen LogP contribution is 2.41. The summed E-state index contributed by atoms with van der Waals surface area (Å²) in [4.78, 5) is 17.2. The van der Waals surface area contributed by atoms with Gasteiger partial charge in [-0.3, -0.25) is 10.00 Å². The number of thiazole rings is 1. The molecular weight excluding hydrogens is 362 g/mol. The van der Waals surface area contributed by atoms with E-state index in [0.29, 0.717) is 24.0 Å². The molecule has 4 rings (SSSR count). The summed E-state index contributed by atoms with van der Waals surface area (Å²) in [6, 6.07) is -0.350. The van der Waals surface area contributed by atoms with Gasteiger partial charge >= 0.3 is 6.03 Å². The number of aromatic nitrogens is 3. The maximum absolute atomic E-state index is 12.2. The van der Waals surface area contributed by atoms with E-state index in [1.807, 2.05) is 13.2 Å². The molecule has 10 heteroatoms. The molecule has 0 atom stereocenters. The molecule has 1 saturated carbocycles. The number of anilines is 1. The minimum atomic E-state index is -3.03. The van der Waals surface area contributed by atoms with E-state index < -0.39 is 9.84 Å². The van der Waals surface area contributed by atoms with E-state index in [2.05, 4.69) is 20.7 Å². The molecule has 0 radical (unpaired) electrons. The van der Waals surface area contributed by atoms with E-state index in [4.69, 9.17) is 0 Å². The monoisotopic (exact) mass is 381 g/mol. The third-order valence-corrected chi connectivity index (χ3v) is 7.28. The summed E-state index contributed by atoms with van der Waals surface area (Å²) < 4.78 is 25.1. The lowest BCUT2D eigenvalue weighted by Crippen LogP contribution is -2.29. The zero-order valence-corrected chi connectivity index (χ0v) is 15.4. The highest BCUT2D eigenvalue weighted by atomic mass is 32.2.